The van der Waals surface area contributed by atoms with Gasteiger partial charge in [0.2, 0.25) is 5.28 Å². The van der Waals surface area contributed by atoms with Crippen LogP contribution in [0, 0.1) is 0 Å². The van der Waals surface area contributed by atoms with E-state index in [0.717, 1.165) is 22.5 Å². The van der Waals surface area contributed by atoms with Crippen molar-refractivity contribution in [2.24, 2.45) is 0 Å². The minimum absolute atomic E-state index is 0.262. The molecule has 0 bridgehead atoms. The molecule has 5 rings (SSSR count). The molecule has 124 valence electrons. The summed E-state index contributed by atoms with van der Waals surface area (Å²) in [5.41, 5.74) is 3.74. The highest BCUT2D eigenvalue weighted by molar-refractivity contribution is 7.25. The zero-order chi connectivity index (χ0) is 17.5. The molecule has 0 unspecified atom stereocenters. The van der Waals surface area contributed by atoms with Crippen LogP contribution in [0.25, 0.3) is 42.7 Å². The van der Waals surface area contributed by atoms with Gasteiger partial charge in [0.15, 0.2) is 0 Å². The van der Waals surface area contributed by atoms with Gasteiger partial charge in [0.1, 0.15) is 0 Å². The molecule has 0 aliphatic heterocycles. The molecule has 0 amide bonds. The van der Waals surface area contributed by atoms with E-state index in [9.17, 15) is 0 Å². The van der Waals surface area contributed by atoms with Gasteiger partial charge in [0.25, 0.3) is 0 Å². The summed E-state index contributed by atoms with van der Waals surface area (Å²) in [5, 5.41) is 2.83. The van der Waals surface area contributed by atoms with Crippen LogP contribution in [0.5, 0.6) is 0 Å². The highest BCUT2D eigenvalue weighted by atomic mass is 35.5. The van der Waals surface area contributed by atoms with Crippen molar-refractivity contribution in [1.29, 1.82) is 0 Å². The van der Waals surface area contributed by atoms with E-state index in [4.69, 9.17) is 11.6 Å². The van der Waals surface area contributed by atoms with Gasteiger partial charge in [0.05, 0.1) is 11.4 Å². The van der Waals surface area contributed by atoms with Gasteiger partial charge in [-0.1, -0.05) is 60.7 Å². The van der Waals surface area contributed by atoms with E-state index in [0.29, 0.717) is 0 Å². The minimum atomic E-state index is 0.262. The van der Waals surface area contributed by atoms with Crippen molar-refractivity contribution >= 4 is 43.1 Å². The molecule has 0 atom stereocenters. The summed E-state index contributed by atoms with van der Waals surface area (Å²) in [4.78, 5) is 8.83. The first-order valence-corrected chi connectivity index (χ1v) is 9.49. The van der Waals surface area contributed by atoms with E-state index < -0.39 is 0 Å². The highest BCUT2D eigenvalue weighted by Crippen LogP contribution is 2.36. The number of thiophene rings is 1. The number of aromatic nitrogens is 2. The Kier molecular flexibility index (Phi) is 3.70. The number of hydrogen-bond acceptors (Lipinski definition) is 3. The Morgan fingerprint density at radius 3 is 2.15 bits per heavy atom. The third kappa shape index (κ3) is 2.66. The summed E-state index contributed by atoms with van der Waals surface area (Å²) in [5.74, 6) is 0. The van der Waals surface area contributed by atoms with Crippen LogP contribution in [-0.2, 0) is 0 Å². The molecule has 4 heteroatoms. The monoisotopic (exact) mass is 372 g/mol. The number of benzene rings is 3. The molecule has 0 N–H and O–H groups in total. The summed E-state index contributed by atoms with van der Waals surface area (Å²) >= 11 is 8.01. The van der Waals surface area contributed by atoms with Gasteiger partial charge >= 0.3 is 0 Å². The van der Waals surface area contributed by atoms with Crippen molar-refractivity contribution in [3.8, 4) is 22.5 Å². The standard InChI is InChI=1S/C22H13ClN2S/c23-22-24-18(14-6-2-1-3-7-14)13-19(25-22)15-10-11-17-16-8-4-5-9-20(16)26-21(17)12-15/h1-13H. The zero-order valence-electron chi connectivity index (χ0n) is 13.7. The molecule has 0 aliphatic carbocycles. The van der Waals surface area contributed by atoms with E-state index in [2.05, 4.69) is 52.4 Å². The Morgan fingerprint density at radius 2 is 1.31 bits per heavy atom. The number of nitrogens with zero attached hydrogens (tertiary/aromatic N) is 2. The van der Waals surface area contributed by atoms with Gasteiger partial charge in [-0.2, -0.15) is 0 Å². The van der Waals surface area contributed by atoms with Crippen molar-refractivity contribution in [3.63, 3.8) is 0 Å². The first kappa shape index (κ1) is 15.5. The second kappa shape index (κ2) is 6.20. The third-order valence-electron chi connectivity index (χ3n) is 4.44. The summed E-state index contributed by atoms with van der Waals surface area (Å²) < 4.78 is 2.55. The van der Waals surface area contributed by atoms with Gasteiger partial charge < -0.3 is 0 Å². The maximum atomic E-state index is 6.21. The summed E-state index contributed by atoms with van der Waals surface area (Å²) in [6.07, 6.45) is 0. The van der Waals surface area contributed by atoms with E-state index in [1.54, 1.807) is 11.3 Å². The minimum Gasteiger partial charge on any atom is -0.218 e. The number of fused-ring (bicyclic) bond motifs is 3. The molecule has 0 radical (unpaired) electrons. The first-order chi connectivity index (χ1) is 12.8. The number of hydrogen-bond donors (Lipinski definition) is 0. The summed E-state index contributed by atoms with van der Waals surface area (Å²) in [6, 6.07) is 27.0. The molecule has 3 aromatic carbocycles. The Hall–Kier alpha value is -2.75. The van der Waals surface area contributed by atoms with Crippen molar-refractivity contribution in [2.45, 2.75) is 0 Å². The van der Waals surface area contributed by atoms with E-state index in [1.807, 2.05) is 36.4 Å². The van der Waals surface area contributed by atoms with Crippen molar-refractivity contribution in [1.82, 2.24) is 9.97 Å². The predicted octanol–water partition coefficient (Wildman–Crippen LogP) is 6.83. The lowest BCUT2D eigenvalue weighted by Gasteiger charge is -2.06. The molecule has 2 heterocycles. The lowest BCUT2D eigenvalue weighted by atomic mass is 10.1. The molecule has 0 fully saturated rings. The Labute approximate surface area is 159 Å². The van der Waals surface area contributed by atoms with Gasteiger partial charge in [-0.25, -0.2) is 9.97 Å². The maximum absolute atomic E-state index is 6.21. The van der Waals surface area contributed by atoms with Gasteiger partial charge in [-0.3, -0.25) is 0 Å². The SMILES string of the molecule is Clc1nc(-c2ccccc2)cc(-c2ccc3c(c2)sc2ccccc23)n1. The normalized spacial score (nSPS) is 11.3. The largest absolute Gasteiger partial charge is 0.223 e. The van der Waals surface area contributed by atoms with Gasteiger partial charge in [-0.05, 0) is 29.8 Å². The van der Waals surface area contributed by atoms with E-state index in [1.165, 1.54) is 20.2 Å². The molecule has 2 nitrogen and oxygen atoms in total. The lowest BCUT2D eigenvalue weighted by molar-refractivity contribution is 1.18. The second-order valence-corrected chi connectivity index (χ2v) is 7.50. The van der Waals surface area contributed by atoms with Crippen molar-refractivity contribution in [3.05, 3.63) is 84.1 Å². The van der Waals surface area contributed by atoms with Crippen LogP contribution in [0.15, 0.2) is 78.9 Å². The fourth-order valence-electron chi connectivity index (χ4n) is 3.21. The average molecular weight is 373 g/mol. The maximum Gasteiger partial charge on any atom is 0.223 e. The molecule has 0 saturated carbocycles. The smallest absolute Gasteiger partial charge is 0.218 e. The molecular formula is C22H13ClN2S. The van der Waals surface area contributed by atoms with E-state index in [-0.39, 0.29) is 5.28 Å². The molecule has 5 aromatic rings. The Bertz CT molecular complexity index is 1250. The van der Waals surface area contributed by atoms with Crippen LogP contribution in [0.2, 0.25) is 5.28 Å². The topological polar surface area (TPSA) is 25.8 Å². The number of halogens is 1. The van der Waals surface area contributed by atoms with Crippen LogP contribution in [0.1, 0.15) is 0 Å². The molecule has 26 heavy (non-hydrogen) atoms. The molecular weight excluding hydrogens is 360 g/mol. The van der Waals surface area contributed by atoms with Crippen LogP contribution in [0.3, 0.4) is 0 Å². The van der Waals surface area contributed by atoms with Crippen LogP contribution < -0.4 is 0 Å². The van der Waals surface area contributed by atoms with Crippen molar-refractivity contribution in [2.75, 3.05) is 0 Å². The van der Waals surface area contributed by atoms with E-state index >= 15 is 0 Å². The average Bonchev–Trinajstić information content (AvgIpc) is 3.06. The molecule has 2 aromatic heterocycles. The third-order valence-corrected chi connectivity index (χ3v) is 5.75. The summed E-state index contributed by atoms with van der Waals surface area (Å²) in [7, 11) is 0. The fraction of sp³-hybridized carbons (Fsp3) is 0. The molecule has 0 spiro atoms. The lowest BCUT2D eigenvalue weighted by Crippen LogP contribution is -1.91. The first-order valence-electron chi connectivity index (χ1n) is 8.30. The molecule has 0 aliphatic rings. The second-order valence-electron chi connectivity index (χ2n) is 6.08. The summed E-state index contributed by atoms with van der Waals surface area (Å²) in [6.45, 7) is 0. The van der Waals surface area contributed by atoms with Gasteiger partial charge in [-0.15, -0.1) is 11.3 Å². The predicted molar refractivity (Wildman–Crippen MR) is 111 cm³/mol. The quantitative estimate of drug-likeness (QED) is 0.317. The Balaban J connectivity index is 1.67. The zero-order valence-corrected chi connectivity index (χ0v) is 15.3. The van der Waals surface area contributed by atoms with Gasteiger partial charge in [0, 0.05) is 31.3 Å². The number of rotatable bonds is 2. The van der Waals surface area contributed by atoms with Crippen LogP contribution in [0.4, 0.5) is 0 Å². The van der Waals surface area contributed by atoms with Crippen molar-refractivity contribution < 1.29 is 0 Å². The fourth-order valence-corrected chi connectivity index (χ4v) is 4.54. The van der Waals surface area contributed by atoms with Crippen LogP contribution in [-0.4, -0.2) is 9.97 Å². The highest BCUT2D eigenvalue weighted by Gasteiger charge is 2.10. The van der Waals surface area contributed by atoms with Crippen LogP contribution >= 0.6 is 22.9 Å². The Morgan fingerprint density at radius 1 is 0.615 bits per heavy atom. The molecule has 0 saturated heterocycles.